The van der Waals surface area contributed by atoms with Gasteiger partial charge < -0.3 is 14.6 Å². The number of rotatable bonds is 3. The van der Waals surface area contributed by atoms with Crippen LogP contribution in [0.3, 0.4) is 0 Å². The SMILES string of the molecule is COC(=O)C=C(O)c1ccc(OC)cc1. The third-order valence-corrected chi connectivity index (χ3v) is 1.84. The number of hydrogen-bond donors (Lipinski definition) is 1. The Labute approximate surface area is 87.7 Å². The zero-order valence-corrected chi connectivity index (χ0v) is 8.56. The van der Waals surface area contributed by atoms with Crippen LogP contribution in [0.15, 0.2) is 30.3 Å². The zero-order chi connectivity index (χ0) is 11.3. The molecule has 4 nitrogen and oxygen atoms in total. The molecule has 0 amide bonds. The summed E-state index contributed by atoms with van der Waals surface area (Å²) in [6, 6.07) is 6.68. The highest BCUT2D eigenvalue weighted by atomic mass is 16.5. The largest absolute Gasteiger partial charge is 0.507 e. The first kappa shape index (κ1) is 11.1. The summed E-state index contributed by atoms with van der Waals surface area (Å²) >= 11 is 0. The van der Waals surface area contributed by atoms with Crippen molar-refractivity contribution in [1.29, 1.82) is 0 Å². The molecule has 1 aromatic carbocycles. The van der Waals surface area contributed by atoms with Crippen molar-refractivity contribution in [2.75, 3.05) is 14.2 Å². The maximum atomic E-state index is 10.8. The van der Waals surface area contributed by atoms with Gasteiger partial charge in [-0.05, 0) is 24.3 Å². The van der Waals surface area contributed by atoms with E-state index in [4.69, 9.17) is 4.74 Å². The fourth-order valence-corrected chi connectivity index (χ4v) is 1.02. The van der Waals surface area contributed by atoms with E-state index >= 15 is 0 Å². The topological polar surface area (TPSA) is 55.8 Å². The van der Waals surface area contributed by atoms with Crippen molar-refractivity contribution in [2.24, 2.45) is 0 Å². The summed E-state index contributed by atoms with van der Waals surface area (Å²) < 4.78 is 9.35. The molecule has 0 aliphatic heterocycles. The van der Waals surface area contributed by atoms with Crippen molar-refractivity contribution in [3.63, 3.8) is 0 Å². The molecular weight excluding hydrogens is 196 g/mol. The number of carbonyl (C=O) groups is 1. The van der Waals surface area contributed by atoms with Gasteiger partial charge in [0.1, 0.15) is 11.5 Å². The van der Waals surface area contributed by atoms with Crippen LogP contribution < -0.4 is 4.74 Å². The molecule has 1 N–H and O–H groups in total. The van der Waals surface area contributed by atoms with Gasteiger partial charge in [-0.3, -0.25) is 0 Å². The molecule has 0 fully saturated rings. The summed E-state index contributed by atoms with van der Waals surface area (Å²) in [4.78, 5) is 10.8. The van der Waals surface area contributed by atoms with Gasteiger partial charge in [0.15, 0.2) is 0 Å². The number of methoxy groups -OCH3 is 2. The van der Waals surface area contributed by atoms with Gasteiger partial charge in [0.25, 0.3) is 0 Å². The fraction of sp³-hybridized carbons (Fsp3) is 0.182. The van der Waals surface area contributed by atoms with Crippen LogP contribution in [0.2, 0.25) is 0 Å². The van der Waals surface area contributed by atoms with Gasteiger partial charge in [0.2, 0.25) is 0 Å². The second-order valence-corrected chi connectivity index (χ2v) is 2.78. The lowest BCUT2D eigenvalue weighted by molar-refractivity contribution is -0.134. The summed E-state index contributed by atoms with van der Waals surface area (Å²) in [5.41, 5.74) is 0.529. The molecule has 15 heavy (non-hydrogen) atoms. The minimum atomic E-state index is -0.594. The second kappa shape index (κ2) is 5.05. The van der Waals surface area contributed by atoms with E-state index in [1.165, 1.54) is 7.11 Å². The maximum absolute atomic E-state index is 10.8. The van der Waals surface area contributed by atoms with Crippen LogP contribution in [0.4, 0.5) is 0 Å². The third kappa shape index (κ3) is 3.02. The Morgan fingerprint density at radius 2 is 1.87 bits per heavy atom. The van der Waals surface area contributed by atoms with Crippen molar-refractivity contribution >= 4 is 11.7 Å². The molecule has 0 spiro atoms. The van der Waals surface area contributed by atoms with E-state index in [1.807, 2.05) is 0 Å². The fourth-order valence-electron chi connectivity index (χ4n) is 1.02. The Morgan fingerprint density at radius 1 is 1.27 bits per heavy atom. The van der Waals surface area contributed by atoms with E-state index < -0.39 is 5.97 Å². The molecule has 0 heterocycles. The van der Waals surface area contributed by atoms with E-state index in [0.717, 1.165) is 6.08 Å². The average molecular weight is 208 g/mol. The summed E-state index contributed by atoms with van der Waals surface area (Å²) in [6.45, 7) is 0. The molecule has 1 rings (SSSR count). The number of carbonyl (C=O) groups excluding carboxylic acids is 1. The predicted molar refractivity (Wildman–Crippen MR) is 55.6 cm³/mol. The highest BCUT2D eigenvalue weighted by Crippen LogP contribution is 2.16. The number of benzene rings is 1. The van der Waals surface area contributed by atoms with Crippen LogP contribution in [-0.4, -0.2) is 25.3 Å². The van der Waals surface area contributed by atoms with E-state index in [2.05, 4.69) is 4.74 Å². The van der Waals surface area contributed by atoms with E-state index in [1.54, 1.807) is 31.4 Å². The highest BCUT2D eigenvalue weighted by molar-refractivity contribution is 5.89. The van der Waals surface area contributed by atoms with Crippen molar-refractivity contribution in [3.8, 4) is 5.75 Å². The first-order valence-electron chi connectivity index (χ1n) is 4.30. The lowest BCUT2D eigenvalue weighted by atomic mass is 10.2. The van der Waals surface area contributed by atoms with Gasteiger partial charge in [0, 0.05) is 5.56 Å². The van der Waals surface area contributed by atoms with E-state index in [0.29, 0.717) is 11.3 Å². The minimum absolute atomic E-state index is 0.135. The number of hydrogen-bond acceptors (Lipinski definition) is 4. The Bertz CT molecular complexity index is 365. The smallest absolute Gasteiger partial charge is 0.334 e. The Balaban J connectivity index is 2.87. The third-order valence-electron chi connectivity index (χ3n) is 1.84. The molecule has 0 aliphatic carbocycles. The van der Waals surface area contributed by atoms with E-state index in [-0.39, 0.29) is 5.76 Å². The number of ether oxygens (including phenoxy) is 2. The summed E-state index contributed by atoms with van der Waals surface area (Å²) in [5, 5.41) is 9.51. The zero-order valence-electron chi connectivity index (χ0n) is 8.56. The summed E-state index contributed by atoms with van der Waals surface area (Å²) in [6.07, 6.45) is 1.02. The Hall–Kier alpha value is -1.97. The van der Waals surface area contributed by atoms with Crippen LogP contribution in [0, 0.1) is 0 Å². The number of aliphatic hydroxyl groups excluding tert-OH is 1. The molecule has 0 radical (unpaired) electrons. The van der Waals surface area contributed by atoms with Crippen LogP contribution in [0.5, 0.6) is 5.75 Å². The van der Waals surface area contributed by atoms with Crippen molar-refractivity contribution in [2.45, 2.75) is 0 Å². The van der Waals surface area contributed by atoms with Gasteiger partial charge in [-0.25, -0.2) is 4.79 Å². The van der Waals surface area contributed by atoms with Gasteiger partial charge in [-0.1, -0.05) is 0 Å². The monoisotopic (exact) mass is 208 g/mol. The standard InChI is InChI=1S/C11H12O4/c1-14-9-5-3-8(4-6-9)10(12)7-11(13)15-2/h3-7,12H,1-2H3. The van der Waals surface area contributed by atoms with Gasteiger partial charge in [-0.2, -0.15) is 0 Å². The normalized spacial score (nSPS) is 10.9. The van der Waals surface area contributed by atoms with Crippen LogP contribution in [0.25, 0.3) is 5.76 Å². The molecule has 0 saturated carbocycles. The first-order chi connectivity index (χ1) is 7.17. The Kier molecular flexibility index (Phi) is 3.74. The molecule has 0 aliphatic rings. The summed E-state index contributed by atoms with van der Waals surface area (Å²) in [7, 11) is 2.80. The van der Waals surface area contributed by atoms with Gasteiger partial charge in [0.05, 0.1) is 20.3 Å². The molecule has 0 aromatic heterocycles. The molecule has 4 heteroatoms. The lowest BCUT2D eigenvalue weighted by Gasteiger charge is -2.02. The minimum Gasteiger partial charge on any atom is -0.507 e. The number of esters is 1. The average Bonchev–Trinajstić information content (AvgIpc) is 2.29. The van der Waals surface area contributed by atoms with Gasteiger partial charge >= 0.3 is 5.97 Å². The molecule has 80 valence electrons. The van der Waals surface area contributed by atoms with Crippen LogP contribution in [0.1, 0.15) is 5.56 Å². The molecule has 0 atom stereocenters. The van der Waals surface area contributed by atoms with Crippen molar-refractivity contribution in [1.82, 2.24) is 0 Å². The molecular formula is C11H12O4. The van der Waals surface area contributed by atoms with Crippen LogP contribution >= 0.6 is 0 Å². The van der Waals surface area contributed by atoms with E-state index in [9.17, 15) is 9.90 Å². The second-order valence-electron chi connectivity index (χ2n) is 2.78. The highest BCUT2D eigenvalue weighted by Gasteiger charge is 2.02. The molecule has 0 unspecified atom stereocenters. The maximum Gasteiger partial charge on any atom is 0.334 e. The van der Waals surface area contributed by atoms with Crippen molar-refractivity contribution < 1.29 is 19.4 Å². The quantitative estimate of drug-likeness (QED) is 0.467. The molecule has 1 aromatic rings. The Morgan fingerprint density at radius 3 is 2.33 bits per heavy atom. The molecule has 0 bridgehead atoms. The number of aliphatic hydroxyl groups is 1. The predicted octanol–water partition coefficient (Wildman–Crippen LogP) is 1.77. The van der Waals surface area contributed by atoms with Crippen LogP contribution in [-0.2, 0) is 9.53 Å². The molecule has 0 saturated heterocycles. The van der Waals surface area contributed by atoms with Crippen molar-refractivity contribution in [3.05, 3.63) is 35.9 Å². The first-order valence-corrected chi connectivity index (χ1v) is 4.30. The summed E-state index contributed by atoms with van der Waals surface area (Å²) in [5.74, 6) is -0.0440. The van der Waals surface area contributed by atoms with Gasteiger partial charge in [-0.15, -0.1) is 0 Å². The lowest BCUT2D eigenvalue weighted by Crippen LogP contribution is -1.96.